The number of ether oxygens (including phenoxy) is 1. The zero-order valence-corrected chi connectivity index (χ0v) is 7.92. The summed E-state index contributed by atoms with van der Waals surface area (Å²) in [6.07, 6.45) is 2.47. The van der Waals surface area contributed by atoms with Crippen molar-refractivity contribution in [2.75, 3.05) is 20.3 Å². The van der Waals surface area contributed by atoms with Gasteiger partial charge in [0.05, 0.1) is 19.3 Å². The van der Waals surface area contributed by atoms with Crippen LogP contribution in [0.3, 0.4) is 0 Å². The van der Waals surface area contributed by atoms with Crippen LogP contribution in [0.1, 0.15) is 19.8 Å². The molecule has 1 rings (SSSR count). The SMILES string of the molecule is COCC(CO)NC1CC(C)C1. The van der Waals surface area contributed by atoms with E-state index in [4.69, 9.17) is 9.84 Å². The zero-order valence-electron chi connectivity index (χ0n) is 7.92. The van der Waals surface area contributed by atoms with Crippen LogP contribution in [-0.4, -0.2) is 37.5 Å². The maximum absolute atomic E-state index is 8.95. The maximum atomic E-state index is 8.95. The monoisotopic (exact) mass is 173 g/mol. The molecule has 12 heavy (non-hydrogen) atoms. The fourth-order valence-corrected chi connectivity index (χ4v) is 1.73. The highest BCUT2D eigenvalue weighted by atomic mass is 16.5. The second-order valence-electron chi connectivity index (χ2n) is 3.78. The lowest BCUT2D eigenvalue weighted by atomic mass is 9.81. The Morgan fingerprint density at radius 3 is 2.67 bits per heavy atom. The Morgan fingerprint density at radius 2 is 2.25 bits per heavy atom. The van der Waals surface area contributed by atoms with Crippen LogP contribution in [0.15, 0.2) is 0 Å². The van der Waals surface area contributed by atoms with Crippen molar-refractivity contribution in [1.82, 2.24) is 5.32 Å². The molecule has 2 N–H and O–H groups in total. The third kappa shape index (κ3) is 2.73. The van der Waals surface area contributed by atoms with Gasteiger partial charge in [0.15, 0.2) is 0 Å². The molecule has 1 fully saturated rings. The van der Waals surface area contributed by atoms with Gasteiger partial charge < -0.3 is 15.2 Å². The van der Waals surface area contributed by atoms with E-state index in [1.165, 1.54) is 12.8 Å². The van der Waals surface area contributed by atoms with Crippen LogP contribution in [0, 0.1) is 5.92 Å². The summed E-state index contributed by atoms with van der Waals surface area (Å²) in [5.41, 5.74) is 0. The lowest BCUT2D eigenvalue weighted by Crippen LogP contribution is -2.48. The van der Waals surface area contributed by atoms with Crippen molar-refractivity contribution >= 4 is 0 Å². The van der Waals surface area contributed by atoms with Gasteiger partial charge in [-0.3, -0.25) is 0 Å². The summed E-state index contributed by atoms with van der Waals surface area (Å²) in [5, 5.41) is 12.3. The van der Waals surface area contributed by atoms with Gasteiger partial charge in [-0.15, -0.1) is 0 Å². The summed E-state index contributed by atoms with van der Waals surface area (Å²) in [4.78, 5) is 0. The Morgan fingerprint density at radius 1 is 1.58 bits per heavy atom. The summed E-state index contributed by atoms with van der Waals surface area (Å²) < 4.78 is 4.97. The summed E-state index contributed by atoms with van der Waals surface area (Å²) in [6.45, 7) is 3.02. The molecule has 0 aliphatic heterocycles. The van der Waals surface area contributed by atoms with Crippen LogP contribution in [0.5, 0.6) is 0 Å². The highest BCUT2D eigenvalue weighted by Crippen LogP contribution is 2.26. The van der Waals surface area contributed by atoms with E-state index in [1.54, 1.807) is 7.11 Å². The van der Waals surface area contributed by atoms with Gasteiger partial charge in [-0.2, -0.15) is 0 Å². The van der Waals surface area contributed by atoms with E-state index in [9.17, 15) is 0 Å². The predicted octanol–water partition coefficient (Wildman–Crippen LogP) is 0.382. The van der Waals surface area contributed by atoms with Crippen LogP contribution in [0.4, 0.5) is 0 Å². The van der Waals surface area contributed by atoms with Gasteiger partial charge in [0.2, 0.25) is 0 Å². The number of aliphatic hydroxyl groups excluding tert-OH is 1. The smallest absolute Gasteiger partial charge is 0.0638 e. The number of hydrogen-bond donors (Lipinski definition) is 2. The molecule has 0 amide bonds. The standard InChI is InChI=1S/C9H19NO2/c1-7-3-8(4-7)10-9(5-11)6-12-2/h7-11H,3-6H2,1-2H3. The van der Waals surface area contributed by atoms with E-state index in [2.05, 4.69) is 12.2 Å². The average molecular weight is 173 g/mol. The van der Waals surface area contributed by atoms with Gasteiger partial charge in [-0.25, -0.2) is 0 Å². The second-order valence-corrected chi connectivity index (χ2v) is 3.78. The first-order valence-electron chi connectivity index (χ1n) is 4.62. The number of rotatable bonds is 5. The molecule has 0 aromatic heterocycles. The molecule has 0 radical (unpaired) electrons. The zero-order chi connectivity index (χ0) is 8.97. The molecule has 1 aliphatic carbocycles. The topological polar surface area (TPSA) is 41.5 Å². The number of nitrogens with one attached hydrogen (secondary N) is 1. The van der Waals surface area contributed by atoms with E-state index in [0.717, 1.165) is 5.92 Å². The molecule has 1 aliphatic rings. The molecular formula is C9H19NO2. The van der Waals surface area contributed by atoms with Crippen molar-refractivity contribution in [1.29, 1.82) is 0 Å². The van der Waals surface area contributed by atoms with Gasteiger partial charge in [0.1, 0.15) is 0 Å². The van der Waals surface area contributed by atoms with Crippen molar-refractivity contribution < 1.29 is 9.84 Å². The molecule has 0 bridgehead atoms. The first-order valence-corrected chi connectivity index (χ1v) is 4.62. The van der Waals surface area contributed by atoms with E-state index in [0.29, 0.717) is 12.6 Å². The third-order valence-corrected chi connectivity index (χ3v) is 2.43. The van der Waals surface area contributed by atoms with Crippen molar-refractivity contribution in [2.24, 2.45) is 5.92 Å². The Labute approximate surface area is 74.1 Å². The maximum Gasteiger partial charge on any atom is 0.0638 e. The van der Waals surface area contributed by atoms with Crippen molar-refractivity contribution in [3.63, 3.8) is 0 Å². The first-order chi connectivity index (χ1) is 5.76. The molecule has 0 saturated heterocycles. The molecule has 1 saturated carbocycles. The Hall–Kier alpha value is -0.120. The predicted molar refractivity (Wildman–Crippen MR) is 48.1 cm³/mol. The molecule has 0 spiro atoms. The summed E-state index contributed by atoms with van der Waals surface area (Å²) in [6, 6.07) is 0.722. The Kier molecular flexibility index (Phi) is 3.98. The van der Waals surface area contributed by atoms with Gasteiger partial charge in [0, 0.05) is 13.2 Å². The van der Waals surface area contributed by atoms with E-state index in [1.807, 2.05) is 0 Å². The molecule has 0 aromatic carbocycles. The second kappa shape index (κ2) is 4.80. The van der Waals surface area contributed by atoms with Crippen molar-refractivity contribution in [3.8, 4) is 0 Å². The minimum Gasteiger partial charge on any atom is -0.395 e. The molecule has 3 heteroatoms. The largest absolute Gasteiger partial charge is 0.395 e. The summed E-state index contributed by atoms with van der Waals surface area (Å²) in [7, 11) is 1.66. The molecule has 72 valence electrons. The fourth-order valence-electron chi connectivity index (χ4n) is 1.73. The number of aliphatic hydroxyl groups is 1. The molecule has 1 unspecified atom stereocenters. The molecule has 0 aromatic rings. The van der Waals surface area contributed by atoms with Gasteiger partial charge in [-0.1, -0.05) is 6.92 Å². The lowest BCUT2D eigenvalue weighted by Gasteiger charge is -2.36. The highest BCUT2D eigenvalue weighted by Gasteiger charge is 2.26. The van der Waals surface area contributed by atoms with E-state index >= 15 is 0 Å². The fraction of sp³-hybridized carbons (Fsp3) is 1.00. The first kappa shape index (κ1) is 9.96. The number of hydrogen-bond acceptors (Lipinski definition) is 3. The Balaban J connectivity index is 2.10. The van der Waals surface area contributed by atoms with Gasteiger partial charge in [0.25, 0.3) is 0 Å². The van der Waals surface area contributed by atoms with Crippen LogP contribution in [0.2, 0.25) is 0 Å². The van der Waals surface area contributed by atoms with Crippen LogP contribution in [-0.2, 0) is 4.74 Å². The number of methoxy groups -OCH3 is 1. The minimum atomic E-state index is 0.118. The molecule has 3 nitrogen and oxygen atoms in total. The van der Waals surface area contributed by atoms with Gasteiger partial charge in [-0.05, 0) is 18.8 Å². The normalized spacial score (nSPS) is 31.2. The Bertz CT molecular complexity index is 124. The van der Waals surface area contributed by atoms with Crippen molar-refractivity contribution in [2.45, 2.75) is 31.8 Å². The van der Waals surface area contributed by atoms with Gasteiger partial charge >= 0.3 is 0 Å². The molecule has 0 heterocycles. The average Bonchev–Trinajstić information content (AvgIpc) is 2.00. The summed E-state index contributed by atoms with van der Waals surface area (Å²) >= 11 is 0. The third-order valence-electron chi connectivity index (χ3n) is 2.43. The highest BCUT2D eigenvalue weighted by molar-refractivity contribution is 4.84. The molecule has 1 atom stereocenters. The van der Waals surface area contributed by atoms with Crippen LogP contribution < -0.4 is 5.32 Å². The quantitative estimate of drug-likeness (QED) is 0.631. The van der Waals surface area contributed by atoms with E-state index < -0.39 is 0 Å². The lowest BCUT2D eigenvalue weighted by molar-refractivity contribution is 0.104. The molecular weight excluding hydrogens is 154 g/mol. The summed E-state index contributed by atoms with van der Waals surface area (Å²) in [5.74, 6) is 0.851. The van der Waals surface area contributed by atoms with E-state index in [-0.39, 0.29) is 12.6 Å². The van der Waals surface area contributed by atoms with Crippen molar-refractivity contribution in [3.05, 3.63) is 0 Å². The van der Waals surface area contributed by atoms with Crippen LogP contribution in [0.25, 0.3) is 0 Å². The minimum absolute atomic E-state index is 0.118. The van der Waals surface area contributed by atoms with Crippen LogP contribution >= 0.6 is 0 Å².